The number of hydrogen-bond donors (Lipinski definition) is 0. The standard InChI is InChI=1S/C8H11N3O/c1-6-9-7(5-12)4-8(10-6)11(2)3/h4-5H,1-3H3. The highest BCUT2D eigenvalue weighted by atomic mass is 16.1. The van der Waals surface area contributed by atoms with Crippen LogP contribution >= 0.6 is 0 Å². The first kappa shape index (κ1) is 8.64. The Morgan fingerprint density at radius 3 is 2.58 bits per heavy atom. The van der Waals surface area contributed by atoms with Gasteiger partial charge in [0, 0.05) is 20.2 Å². The minimum atomic E-state index is 0.422. The van der Waals surface area contributed by atoms with Gasteiger partial charge >= 0.3 is 0 Å². The number of rotatable bonds is 2. The van der Waals surface area contributed by atoms with Crippen molar-refractivity contribution in [1.29, 1.82) is 0 Å². The second-order valence-corrected chi connectivity index (χ2v) is 2.71. The van der Waals surface area contributed by atoms with E-state index in [4.69, 9.17) is 0 Å². The molecule has 4 nitrogen and oxygen atoms in total. The van der Waals surface area contributed by atoms with E-state index in [9.17, 15) is 4.79 Å². The Hall–Kier alpha value is -1.45. The van der Waals surface area contributed by atoms with Crippen LogP contribution in [0, 0.1) is 6.92 Å². The molecule has 0 fully saturated rings. The lowest BCUT2D eigenvalue weighted by atomic mass is 10.4. The molecule has 4 heteroatoms. The molecule has 0 aliphatic heterocycles. The number of hydrogen-bond acceptors (Lipinski definition) is 4. The van der Waals surface area contributed by atoms with Crippen molar-refractivity contribution < 1.29 is 4.79 Å². The number of carbonyl (C=O) groups excluding carboxylic acids is 1. The first-order valence-corrected chi connectivity index (χ1v) is 3.61. The highest BCUT2D eigenvalue weighted by Gasteiger charge is 2.01. The molecule has 64 valence electrons. The van der Waals surface area contributed by atoms with Gasteiger partial charge in [-0.25, -0.2) is 9.97 Å². The predicted octanol–water partition coefficient (Wildman–Crippen LogP) is 0.664. The Bertz CT molecular complexity index is 296. The molecule has 0 bridgehead atoms. The summed E-state index contributed by atoms with van der Waals surface area (Å²) >= 11 is 0. The summed E-state index contributed by atoms with van der Waals surface area (Å²) in [6.45, 7) is 1.76. The van der Waals surface area contributed by atoms with Crippen molar-refractivity contribution in [1.82, 2.24) is 9.97 Å². The normalized spacial score (nSPS) is 9.58. The molecular weight excluding hydrogens is 154 g/mol. The number of anilines is 1. The maximum absolute atomic E-state index is 10.4. The van der Waals surface area contributed by atoms with Gasteiger partial charge in [-0.3, -0.25) is 4.79 Å². The highest BCUT2D eigenvalue weighted by Crippen LogP contribution is 2.07. The summed E-state index contributed by atoms with van der Waals surface area (Å²) in [5, 5.41) is 0. The van der Waals surface area contributed by atoms with Gasteiger partial charge in [-0.15, -0.1) is 0 Å². The second-order valence-electron chi connectivity index (χ2n) is 2.71. The minimum Gasteiger partial charge on any atom is -0.363 e. The molecule has 0 N–H and O–H groups in total. The van der Waals surface area contributed by atoms with Crippen LogP contribution < -0.4 is 4.90 Å². The minimum absolute atomic E-state index is 0.422. The summed E-state index contributed by atoms with van der Waals surface area (Å²) in [7, 11) is 3.74. The fraction of sp³-hybridized carbons (Fsp3) is 0.375. The van der Waals surface area contributed by atoms with Crippen molar-refractivity contribution >= 4 is 12.1 Å². The van der Waals surface area contributed by atoms with Crippen LogP contribution in [0.25, 0.3) is 0 Å². The van der Waals surface area contributed by atoms with Crippen LogP contribution in [0.4, 0.5) is 5.82 Å². The molecule has 1 rings (SSSR count). The molecule has 0 unspecified atom stereocenters. The van der Waals surface area contributed by atoms with Crippen LogP contribution in [0.15, 0.2) is 6.07 Å². The van der Waals surface area contributed by atoms with Gasteiger partial charge in [0.2, 0.25) is 0 Å². The van der Waals surface area contributed by atoms with Gasteiger partial charge in [0.15, 0.2) is 6.29 Å². The molecule has 0 spiro atoms. The van der Waals surface area contributed by atoms with E-state index in [1.807, 2.05) is 19.0 Å². The molecule has 0 aromatic carbocycles. The third kappa shape index (κ3) is 1.78. The van der Waals surface area contributed by atoms with E-state index in [0.29, 0.717) is 11.5 Å². The maximum Gasteiger partial charge on any atom is 0.168 e. The van der Waals surface area contributed by atoms with Crippen LogP contribution in [0.2, 0.25) is 0 Å². The smallest absolute Gasteiger partial charge is 0.168 e. The van der Waals surface area contributed by atoms with Crippen molar-refractivity contribution in [3.63, 3.8) is 0 Å². The zero-order chi connectivity index (χ0) is 9.14. The Balaban J connectivity index is 3.14. The average molecular weight is 165 g/mol. The average Bonchev–Trinajstić information content (AvgIpc) is 2.03. The molecular formula is C8H11N3O. The van der Waals surface area contributed by atoms with E-state index in [1.165, 1.54) is 0 Å². The first-order chi connectivity index (χ1) is 5.63. The predicted molar refractivity (Wildman–Crippen MR) is 46.5 cm³/mol. The van der Waals surface area contributed by atoms with E-state index in [0.717, 1.165) is 12.1 Å². The summed E-state index contributed by atoms with van der Waals surface area (Å²) < 4.78 is 0. The monoisotopic (exact) mass is 165 g/mol. The Morgan fingerprint density at radius 1 is 1.42 bits per heavy atom. The van der Waals surface area contributed by atoms with Crippen LogP contribution in [0.3, 0.4) is 0 Å². The van der Waals surface area contributed by atoms with Crippen LogP contribution in [-0.2, 0) is 0 Å². The van der Waals surface area contributed by atoms with Crippen molar-refractivity contribution in [2.24, 2.45) is 0 Å². The van der Waals surface area contributed by atoms with Crippen LogP contribution in [0.1, 0.15) is 16.3 Å². The summed E-state index contributed by atoms with van der Waals surface area (Å²) in [4.78, 5) is 20.3. The molecule has 0 amide bonds. The number of aromatic nitrogens is 2. The van der Waals surface area contributed by atoms with Crippen molar-refractivity contribution in [2.45, 2.75) is 6.92 Å². The summed E-state index contributed by atoms with van der Waals surface area (Å²) in [6.07, 6.45) is 0.724. The Morgan fingerprint density at radius 2 is 2.08 bits per heavy atom. The van der Waals surface area contributed by atoms with Gasteiger partial charge in [-0.1, -0.05) is 0 Å². The third-order valence-electron chi connectivity index (χ3n) is 1.42. The fourth-order valence-electron chi connectivity index (χ4n) is 0.864. The van der Waals surface area contributed by atoms with E-state index < -0.39 is 0 Å². The number of nitrogens with zero attached hydrogens (tertiary/aromatic N) is 3. The fourth-order valence-corrected chi connectivity index (χ4v) is 0.864. The van der Waals surface area contributed by atoms with Gasteiger partial charge in [0.05, 0.1) is 0 Å². The molecule has 0 saturated carbocycles. The van der Waals surface area contributed by atoms with E-state index >= 15 is 0 Å². The Labute approximate surface area is 71.3 Å². The van der Waals surface area contributed by atoms with Crippen molar-refractivity contribution in [2.75, 3.05) is 19.0 Å². The topological polar surface area (TPSA) is 46.1 Å². The van der Waals surface area contributed by atoms with Crippen molar-refractivity contribution in [3.8, 4) is 0 Å². The van der Waals surface area contributed by atoms with E-state index in [1.54, 1.807) is 13.0 Å². The van der Waals surface area contributed by atoms with Crippen molar-refractivity contribution in [3.05, 3.63) is 17.6 Å². The van der Waals surface area contributed by atoms with Gasteiger partial charge < -0.3 is 4.90 Å². The molecule has 1 aromatic rings. The van der Waals surface area contributed by atoms with Gasteiger partial charge in [0.25, 0.3) is 0 Å². The van der Waals surface area contributed by atoms with E-state index in [2.05, 4.69) is 9.97 Å². The lowest BCUT2D eigenvalue weighted by molar-refractivity contribution is 0.111. The lowest BCUT2D eigenvalue weighted by Gasteiger charge is -2.11. The van der Waals surface area contributed by atoms with Gasteiger partial charge in [-0.05, 0) is 6.92 Å². The highest BCUT2D eigenvalue weighted by molar-refractivity contribution is 5.73. The molecule has 12 heavy (non-hydrogen) atoms. The summed E-state index contributed by atoms with van der Waals surface area (Å²) in [5.41, 5.74) is 0.422. The SMILES string of the molecule is Cc1nc(C=O)cc(N(C)C)n1. The van der Waals surface area contributed by atoms with Gasteiger partial charge in [0.1, 0.15) is 17.3 Å². The molecule has 0 aliphatic rings. The van der Waals surface area contributed by atoms with Crippen LogP contribution in [-0.4, -0.2) is 30.3 Å². The molecule has 0 saturated heterocycles. The zero-order valence-corrected chi connectivity index (χ0v) is 7.40. The Kier molecular flexibility index (Phi) is 2.38. The molecule has 0 aliphatic carbocycles. The maximum atomic E-state index is 10.4. The number of aldehydes is 1. The number of carbonyl (C=O) groups is 1. The third-order valence-corrected chi connectivity index (χ3v) is 1.42. The quantitative estimate of drug-likeness (QED) is 0.604. The van der Waals surface area contributed by atoms with E-state index in [-0.39, 0.29) is 0 Å². The first-order valence-electron chi connectivity index (χ1n) is 3.61. The molecule has 1 aromatic heterocycles. The second kappa shape index (κ2) is 3.30. The summed E-state index contributed by atoms with van der Waals surface area (Å²) in [6, 6.07) is 1.65. The number of aryl methyl sites for hydroxylation is 1. The molecule has 1 heterocycles. The zero-order valence-electron chi connectivity index (χ0n) is 7.40. The van der Waals surface area contributed by atoms with Gasteiger partial charge in [-0.2, -0.15) is 0 Å². The van der Waals surface area contributed by atoms with Crippen LogP contribution in [0.5, 0.6) is 0 Å². The summed E-state index contributed by atoms with van der Waals surface area (Å²) in [5.74, 6) is 1.37. The largest absolute Gasteiger partial charge is 0.363 e. The molecule has 0 radical (unpaired) electrons. The molecule has 0 atom stereocenters. The lowest BCUT2D eigenvalue weighted by Crippen LogP contribution is -2.12.